The zero-order valence-corrected chi connectivity index (χ0v) is 11.6. The van der Waals surface area contributed by atoms with E-state index in [1.54, 1.807) is 25.3 Å². The summed E-state index contributed by atoms with van der Waals surface area (Å²) < 4.78 is 5.31. The van der Waals surface area contributed by atoms with Crippen LogP contribution < -0.4 is 15.8 Å². The number of hydrogen-bond acceptors (Lipinski definition) is 3. The lowest BCUT2D eigenvalue weighted by Gasteiger charge is -2.29. The lowest BCUT2D eigenvalue weighted by atomic mass is 9.81. The van der Waals surface area contributed by atoms with Gasteiger partial charge < -0.3 is 15.8 Å². The average Bonchev–Trinajstić information content (AvgIpc) is 2.33. The molecule has 4 heteroatoms. The first kappa shape index (κ1) is 13.7. The molecule has 1 aromatic rings. The molecule has 1 amide bonds. The quantitative estimate of drug-likeness (QED) is 0.828. The molecule has 0 spiro atoms. The van der Waals surface area contributed by atoms with Gasteiger partial charge in [-0.15, -0.1) is 0 Å². The first-order chi connectivity index (χ1) is 9.10. The second kappa shape index (κ2) is 5.95. The molecule has 0 aliphatic heterocycles. The van der Waals surface area contributed by atoms with E-state index in [0.29, 0.717) is 11.6 Å². The molecule has 104 valence electrons. The highest BCUT2D eigenvalue weighted by molar-refractivity contribution is 5.94. The Kier molecular flexibility index (Phi) is 4.30. The number of benzene rings is 1. The molecule has 1 saturated carbocycles. The number of amides is 1. The van der Waals surface area contributed by atoms with Crippen molar-refractivity contribution in [1.82, 2.24) is 0 Å². The van der Waals surface area contributed by atoms with E-state index in [-0.39, 0.29) is 0 Å². The van der Waals surface area contributed by atoms with Crippen molar-refractivity contribution in [2.24, 2.45) is 11.7 Å². The number of methoxy groups -OCH3 is 1. The molecule has 4 nitrogen and oxygen atoms in total. The van der Waals surface area contributed by atoms with Gasteiger partial charge in [0.05, 0.1) is 12.8 Å². The monoisotopic (exact) mass is 262 g/mol. The van der Waals surface area contributed by atoms with Crippen LogP contribution in [0.4, 0.5) is 5.69 Å². The number of ether oxygens (including phenoxy) is 1. The van der Waals surface area contributed by atoms with Crippen LogP contribution in [0.2, 0.25) is 0 Å². The van der Waals surface area contributed by atoms with Crippen molar-refractivity contribution < 1.29 is 9.53 Å². The van der Waals surface area contributed by atoms with Crippen LogP contribution in [0.15, 0.2) is 18.2 Å². The predicted octanol–water partition coefficient (Wildman–Crippen LogP) is 2.78. The molecule has 0 saturated heterocycles. The third kappa shape index (κ3) is 3.40. The van der Waals surface area contributed by atoms with Gasteiger partial charge in [0.25, 0.3) is 0 Å². The number of anilines is 1. The van der Waals surface area contributed by atoms with Gasteiger partial charge in [0.15, 0.2) is 0 Å². The van der Waals surface area contributed by atoms with Gasteiger partial charge in [0.1, 0.15) is 5.75 Å². The Balaban J connectivity index is 2.07. The summed E-state index contributed by atoms with van der Waals surface area (Å²) in [6, 6.07) is 5.59. The van der Waals surface area contributed by atoms with E-state index >= 15 is 0 Å². The van der Waals surface area contributed by atoms with Crippen molar-refractivity contribution in [2.45, 2.75) is 38.6 Å². The molecule has 0 bridgehead atoms. The van der Waals surface area contributed by atoms with Gasteiger partial charge in [0, 0.05) is 11.6 Å². The van der Waals surface area contributed by atoms with Crippen LogP contribution in [-0.2, 0) is 0 Å². The SMILES string of the molecule is COc1ccc(C(N)=O)cc1NC(C)CC1CCC1. The summed E-state index contributed by atoms with van der Waals surface area (Å²) >= 11 is 0. The van der Waals surface area contributed by atoms with Gasteiger partial charge in [-0.2, -0.15) is 0 Å². The summed E-state index contributed by atoms with van der Waals surface area (Å²) in [6.07, 6.45) is 5.19. The molecule has 19 heavy (non-hydrogen) atoms. The smallest absolute Gasteiger partial charge is 0.248 e. The highest BCUT2D eigenvalue weighted by atomic mass is 16.5. The second-order valence-electron chi connectivity index (χ2n) is 5.36. The molecule has 3 N–H and O–H groups in total. The van der Waals surface area contributed by atoms with Gasteiger partial charge in [-0.1, -0.05) is 19.3 Å². The summed E-state index contributed by atoms with van der Waals surface area (Å²) in [7, 11) is 1.63. The molecule has 1 aromatic carbocycles. The Morgan fingerprint density at radius 1 is 1.53 bits per heavy atom. The summed E-state index contributed by atoms with van der Waals surface area (Å²) in [5.74, 6) is 1.16. The molecule has 1 fully saturated rings. The Hall–Kier alpha value is -1.71. The third-order valence-electron chi connectivity index (χ3n) is 3.80. The fraction of sp³-hybridized carbons (Fsp3) is 0.533. The summed E-state index contributed by atoms with van der Waals surface area (Å²) in [5, 5.41) is 3.42. The van der Waals surface area contributed by atoms with Crippen molar-refractivity contribution in [3.63, 3.8) is 0 Å². The zero-order chi connectivity index (χ0) is 13.8. The molecule has 0 radical (unpaired) electrons. The normalized spacial score (nSPS) is 16.5. The summed E-state index contributed by atoms with van der Waals surface area (Å²) in [6.45, 7) is 2.16. The summed E-state index contributed by atoms with van der Waals surface area (Å²) in [4.78, 5) is 11.2. The first-order valence-electron chi connectivity index (χ1n) is 6.84. The van der Waals surface area contributed by atoms with E-state index in [4.69, 9.17) is 10.5 Å². The van der Waals surface area contributed by atoms with E-state index in [1.165, 1.54) is 19.3 Å². The van der Waals surface area contributed by atoms with Crippen LogP contribution >= 0.6 is 0 Å². The van der Waals surface area contributed by atoms with Crippen molar-refractivity contribution in [3.8, 4) is 5.75 Å². The largest absolute Gasteiger partial charge is 0.495 e. The number of nitrogens with two attached hydrogens (primary N) is 1. The maximum absolute atomic E-state index is 11.2. The highest BCUT2D eigenvalue weighted by Gasteiger charge is 2.20. The van der Waals surface area contributed by atoms with Crippen LogP contribution in [0.3, 0.4) is 0 Å². The number of carbonyl (C=O) groups excluding carboxylic acids is 1. The van der Waals surface area contributed by atoms with Crippen molar-refractivity contribution in [2.75, 3.05) is 12.4 Å². The Bertz CT molecular complexity index is 455. The third-order valence-corrected chi connectivity index (χ3v) is 3.80. The van der Waals surface area contributed by atoms with E-state index in [2.05, 4.69) is 12.2 Å². The van der Waals surface area contributed by atoms with Gasteiger partial charge in [-0.25, -0.2) is 0 Å². The predicted molar refractivity (Wildman–Crippen MR) is 76.6 cm³/mol. The number of hydrogen-bond donors (Lipinski definition) is 2. The Morgan fingerprint density at radius 2 is 2.26 bits per heavy atom. The number of carbonyl (C=O) groups is 1. The molecule has 2 rings (SSSR count). The molecular weight excluding hydrogens is 240 g/mol. The number of nitrogens with one attached hydrogen (secondary N) is 1. The average molecular weight is 262 g/mol. The van der Waals surface area contributed by atoms with Crippen LogP contribution in [0, 0.1) is 5.92 Å². The van der Waals surface area contributed by atoms with Gasteiger partial charge in [-0.3, -0.25) is 4.79 Å². The molecule has 1 aliphatic carbocycles. The van der Waals surface area contributed by atoms with Crippen molar-refractivity contribution in [1.29, 1.82) is 0 Å². The van der Waals surface area contributed by atoms with Crippen molar-refractivity contribution >= 4 is 11.6 Å². The van der Waals surface area contributed by atoms with Gasteiger partial charge >= 0.3 is 0 Å². The van der Waals surface area contributed by atoms with E-state index < -0.39 is 5.91 Å². The number of primary amides is 1. The van der Waals surface area contributed by atoms with Crippen LogP contribution in [0.1, 0.15) is 43.0 Å². The maximum atomic E-state index is 11.2. The van der Waals surface area contributed by atoms with Gasteiger partial charge in [-0.05, 0) is 37.5 Å². The minimum Gasteiger partial charge on any atom is -0.495 e. The fourth-order valence-electron chi connectivity index (χ4n) is 2.53. The minimum atomic E-state index is -0.419. The lowest BCUT2D eigenvalue weighted by Crippen LogP contribution is -2.23. The molecule has 1 atom stereocenters. The fourth-order valence-corrected chi connectivity index (χ4v) is 2.53. The Labute approximate surface area is 114 Å². The molecule has 1 unspecified atom stereocenters. The van der Waals surface area contributed by atoms with Crippen LogP contribution in [-0.4, -0.2) is 19.1 Å². The topological polar surface area (TPSA) is 64.3 Å². The van der Waals surface area contributed by atoms with Crippen LogP contribution in [0.5, 0.6) is 5.75 Å². The minimum absolute atomic E-state index is 0.363. The molecule has 1 aliphatic rings. The lowest BCUT2D eigenvalue weighted by molar-refractivity contribution is 0.100. The second-order valence-corrected chi connectivity index (χ2v) is 5.36. The van der Waals surface area contributed by atoms with E-state index in [0.717, 1.165) is 23.8 Å². The van der Waals surface area contributed by atoms with Gasteiger partial charge in [0.2, 0.25) is 5.91 Å². The highest BCUT2D eigenvalue weighted by Crippen LogP contribution is 2.32. The Morgan fingerprint density at radius 3 is 2.79 bits per heavy atom. The van der Waals surface area contributed by atoms with Crippen LogP contribution in [0.25, 0.3) is 0 Å². The summed E-state index contributed by atoms with van der Waals surface area (Å²) in [5.41, 5.74) is 6.65. The van der Waals surface area contributed by atoms with Crippen molar-refractivity contribution in [3.05, 3.63) is 23.8 Å². The molecule has 0 heterocycles. The molecule has 0 aromatic heterocycles. The first-order valence-corrected chi connectivity index (χ1v) is 6.84. The maximum Gasteiger partial charge on any atom is 0.248 e. The van der Waals surface area contributed by atoms with E-state index in [9.17, 15) is 4.79 Å². The number of rotatable bonds is 6. The van der Waals surface area contributed by atoms with E-state index in [1.807, 2.05) is 0 Å². The standard InChI is InChI=1S/C15H22N2O2/c1-10(8-11-4-3-5-11)17-13-9-12(15(16)18)6-7-14(13)19-2/h6-7,9-11,17H,3-5,8H2,1-2H3,(H2,16,18). The molecular formula is C15H22N2O2. The zero-order valence-electron chi connectivity index (χ0n) is 11.6.